The van der Waals surface area contributed by atoms with Gasteiger partial charge in [0, 0.05) is 17.4 Å². The fourth-order valence-electron chi connectivity index (χ4n) is 3.20. The normalized spacial score (nSPS) is 10.9. The molecule has 2 aromatic carbocycles. The molecule has 4 aromatic rings. The van der Waals surface area contributed by atoms with Gasteiger partial charge in [-0.3, -0.25) is 9.78 Å². The maximum absolute atomic E-state index is 13.2. The summed E-state index contributed by atoms with van der Waals surface area (Å²) >= 11 is 0. The molecule has 4 rings (SSSR count). The van der Waals surface area contributed by atoms with Crippen molar-refractivity contribution in [3.05, 3.63) is 106 Å². The molecule has 0 fully saturated rings. The molecular weight excluding hydrogens is 324 g/mol. The second-order valence-electron chi connectivity index (χ2n) is 6.30. The van der Waals surface area contributed by atoms with Crippen LogP contribution in [0.4, 0.5) is 0 Å². The summed E-state index contributed by atoms with van der Waals surface area (Å²) in [4.78, 5) is 17.2. The van der Waals surface area contributed by atoms with Crippen LogP contribution in [0, 0.1) is 0 Å². The molecule has 0 unspecified atom stereocenters. The van der Waals surface area contributed by atoms with Crippen molar-refractivity contribution < 1.29 is 5.11 Å². The van der Waals surface area contributed by atoms with E-state index >= 15 is 0 Å². The zero-order chi connectivity index (χ0) is 17.9. The molecule has 0 radical (unpaired) electrons. The van der Waals surface area contributed by atoms with Crippen molar-refractivity contribution in [2.24, 2.45) is 0 Å². The first kappa shape index (κ1) is 16.1. The van der Waals surface area contributed by atoms with Gasteiger partial charge in [0.1, 0.15) is 5.75 Å². The van der Waals surface area contributed by atoms with Crippen molar-refractivity contribution in [2.75, 3.05) is 0 Å². The van der Waals surface area contributed by atoms with Gasteiger partial charge in [-0.2, -0.15) is 0 Å². The highest BCUT2D eigenvalue weighted by molar-refractivity contribution is 5.84. The maximum Gasteiger partial charge on any atom is 0.254 e. The van der Waals surface area contributed by atoms with Crippen LogP contribution < -0.4 is 5.56 Å². The highest BCUT2D eigenvalue weighted by Gasteiger charge is 2.13. The average molecular weight is 342 g/mol. The molecule has 0 atom stereocenters. The van der Waals surface area contributed by atoms with Crippen LogP contribution in [-0.4, -0.2) is 14.7 Å². The Labute approximate surface area is 151 Å². The molecule has 2 aromatic heterocycles. The highest BCUT2D eigenvalue weighted by atomic mass is 16.3. The molecule has 0 saturated heterocycles. The molecule has 0 aliphatic carbocycles. The molecular formula is C22H18N2O2. The smallest absolute Gasteiger partial charge is 0.254 e. The predicted molar refractivity (Wildman–Crippen MR) is 102 cm³/mol. The van der Waals surface area contributed by atoms with E-state index < -0.39 is 0 Å². The van der Waals surface area contributed by atoms with Crippen molar-refractivity contribution in [2.45, 2.75) is 13.0 Å². The third-order valence-corrected chi connectivity index (χ3v) is 4.50. The van der Waals surface area contributed by atoms with E-state index in [4.69, 9.17) is 0 Å². The molecule has 128 valence electrons. The molecule has 0 bridgehead atoms. The average Bonchev–Trinajstić information content (AvgIpc) is 2.67. The zero-order valence-corrected chi connectivity index (χ0v) is 14.2. The number of aromatic hydroxyl groups is 1. The summed E-state index contributed by atoms with van der Waals surface area (Å²) in [6.07, 6.45) is 3.56. The second kappa shape index (κ2) is 6.84. The first-order valence-electron chi connectivity index (χ1n) is 8.49. The lowest BCUT2D eigenvalue weighted by Gasteiger charge is -2.14. The van der Waals surface area contributed by atoms with Crippen LogP contribution in [0.3, 0.4) is 0 Å². The maximum atomic E-state index is 13.2. The molecule has 0 spiro atoms. The second-order valence-corrected chi connectivity index (χ2v) is 6.30. The van der Waals surface area contributed by atoms with E-state index in [1.54, 1.807) is 16.8 Å². The van der Waals surface area contributed by atoms with Gasteiger partial charge in [0.25, 0.3) is 5.56 Å². The SMILES string of the molecule is O=c1c(Cc2ccccc2)cc2c(O)cncc2n1Cc1ccccc1. The van der Waals surface area contributed by atoms with E-state index in [-0.39, 0.29) is 11.3 Å². The molecule has 4 heteroatoms. The number of hydrogen-bond donors (Lipinski definition) is 1. The summed E-state index contributed by atoms with van der Waals surface area (Å²) in [5.41, 5.74) is 3.31. The fraction of sp³-hybridized carbons (Fsp3) is 0.0909. The van der Waals surface area contributed by atoms with E-state index in [1.165, 1.54) is 6.20 Å². The summed E-state index contributed by atoms with van der Waals surface area (Å²) in [7, 11) is 0. The van der Waals surface area contributed by atoms with Gasteiger partial charge < -0.3 is 9.67 Å². The Hall–Kier alpha value is -3.40. The molecule has 0 saturated carbocycles. The topological polar surface area (TPSA) is 55.1 Å². The zero-order valence-electron chi connectivity index (χ0n) is 14.2. The monoisotopic (exact) mass is 342 g/mol. The van der Waals surface area contributed by atoms with Gasteiger partial charge >= 0.3 is 0 Å². The van der Waals surface area contributed by atoms with Gasteiger partial charge in [-0.1, -0.05) is 60.7 Å². The van der Waals surface area contributed by atoms with Crippen molar-refractivity contribution in [3.8, 4) is 5.75 Å². The first-order chi connectivity index (χ1) is 12.7. The van der Waals surface area contributed by atoms with Crippen LogP contribution in [0.2, 0.25) is 0 Å². The Morgan fingerprint density at radius 3 is 2.23 bits per heavy atom. The first-order valence-corrected chi connectivity index (χ1v) is 8.49. The molecule has 0 aliphatic heterocycles. The Bertz CT molecular complexity index is 1100. The van der Waals surface area contributed by atoms with Gasteiger partial charge in [0.15, 0.2) is 0 Å². The minimum Gasteiger partial charge on any atom is -0.506 e. The number of rotatable bonds is 4. The van der Waals surface area contributed by atoms with Gasteiger partial charge in [-0.25, -0.2) is 0 Å². The molecule has 26 heavy (non-hydrogen) atoms. The lowest BCUT2D eigenvalue weighted by Crippen LogP contribution is -2.25. The fourth-order valence-corrected chi connectivity index (χ4v) is 3.20. The van der Waals surface area contributed by atoms with Crippen molar-refractivity contribution in [3.63, 3.8) is 0 Å². The van der Waals surface area contributed by atoms with Crippen LogP contribution >= 0.6 is 0 Å². The Morgan fingerprint density at radius 2 is 1.54 bits per heavy atom. The number of fused-ring (bicyclic) bond motifs is 1. The minimum atomic E-state index is -0.0578. The van der Waals surface area contributed by atoms with Crippen molar-refractivity contribution in [1.29, 1.82) is 0 Å². The van der Waals surface area contributed by atoms with E-state index in [1.807, 2.05) is 60.7 Å². The predicted octanol–water partition coefficient (Wildman–Crippen LogP) is 3.74. The van der Waals surface area contributed by atoms with E-state index in [9.17, 15) is 9.90 Å². The van der Waals surface area contributed by atoms with Crippen molar-refractivity contribution >= 4 is 10.9 Å². The number of pyridine rings is 2. The van der Waals surface area contributed by atoms with Crippen LogP contribution in [0.1, 0.15) is 16.7 Å². The number of hydrogen-bond acceptors (Lipinski definition) is 3. The quantitative estimate of drug-likeness (QED) is 0.615. The largest absolute Gasteiger partial charge is 0.506 e. The third kappa shape index (κ3) is 3.09. The summed E-state index contributed by atoms with van der Waals surface area (Å²) in [6.45, 7) is 0.434. The lowest BCUT2D eigenvalue weighted by atomic mass is 10.0. The number of benzene rings is 2. The van der Waals surface area contributed by atoms with Gasteiger partial charge in [0.05, 0.1) is 24.5 Å². The van der Waals surface area contributed by atoms with Crippen molar-refractivity contribution in [1.82, 2.24) is 9.55 Å². The molecule has 0 aliphatic rings. The summed E-state index contributed by atoms with van der Waals surface area (Å²) in [5, 5.41) is 10.9. The standard InChI is InChI=1S/C22H18N2O2/c25-21-14-23-13-20-19(21)12-18(11-16-7-3-1-4-8-16)22(26)24(20)15-17-9-5-2-6-10-17/h1-10,12-14,25H,11,15H2. The molecule has 1 N–H and O–H groups in total. The van der Waals surface area contributed by atoms with E-state index in [0.29, 0.717) is 29.4 Å². The van der Waals surface area contributed by atoms with Gasteiger partial charge in [-0.15, -0.1) is 0 Å². The molecule has 4 nitrogen and oxygen atoms in total. The summed E-state index contributed by atoms with van der Waals surface area (Å²) < 4.78 is 1.69. The van der Waals surface area contributed by atoms with Crippen LogP contribution in [0.5, 0.6) is 5.75 Å². The Morgan fingerprint density at radius 1 is 0.885 bits per heavy atom. The molecule has 0 amide bonds. The van der Waals surface area contributed by atoms with E-state index in [2.05, 4.69) is 4.98 Å². The highest BCUT2D eigenvalue weighted by Crippen LogP contribution is 2.24. The minimum absolute atomic E-state index is 0.0578. The number of nitrogens with zero attached hydrogens (tertiary/aromatic N) is 2. The van der Waals surface area contributed by atoms with Crippen LogP contribution in [-0.2, 0) is 13.0 Å². The third-order valence-electron chi connectivity index (χ3n) is 4.50. The lowest BCUT2D eigenvalue weighted by molar-refractivity contribution is 0.478. The summed E-state index contributed by atoms with van der Waals surface area (Å²) in [5.74, 6) is 0.0821. The van der Waals surface area contributed by atoms with Crippen LogP contribution in [0.25, 0.3) is 10.9 Å². The Kier molecular flexibility index (Phi) is 4.23. The van der Waals surface area contributed by atoms with Crippen LogP contribution in [0.15, 0.2) is 83.9 Å². The molecule has 2 heterocycles. The number of aromatic nitrogens is 2. The van der Waals surface area contributed by atoms with Gasteiger partial charge in [0.2, 0.25) is 0 Å². The van der Waals surface area contributed by atoms with Gasteiger partial charge in [-0.05, 0) is 17.2 Å². The Balaban J connectivity index is 1.89. The summed E-state index contributed by atoms with van der Waals surface area (Å²) in [6, 6.07) is 21.5. The van der Waals surface area contributed by atoms with E-state index in [0.717, 1.165) is 11.1 Å².